The van der Waals surface area contributed by atoms with Gasteiger partial charge >= 0.3 is 12.1 Å². The second kappa shape index (κ2) is 35.2. The highest BCUT2D eigenvalue weighted by atomic mass is 79.9. The lowest BCUT2D eigenvalue weighted by molar-refractivity contribution is -0.163. The van der Waals surface area contributed by atoms with Gasteiger partial charge in [-0.2, -0.15) is 0 Å². The molecule has 0 unspecified atom stereocenters. The maximum Gasteiger partial charge on any atom is 0.508 e. The molecular formula is C67H122BrClO16Si4. The average molecular weight is 1410 g/mol. The number of aliphatic hydroxyl groups is 1. The minimum atomic E-state index is -2.69. The zero-order valence-corrected chi connectivity index (χ0v) is 66.3. The van der Waals surface area contributed by atoms with Gasteiger partial charge in [-0.25, -0.2) is 9.59 Å². The normalized spacial score (nSPS) is 20.6. The first-order valence-corrected chi connectivity index (χ1v) is 45.4. The zero-order valence-electron chi connectivity index (χ0n) is 60.0. The van der Waals surface area contributed by atoms with Crippen LogP contribution in [0.15, 0.2) is 35.9 Å². The van der Waals surface area contributed by atoms with Crippen molar-refractivity contribution in [2.75, 3.05) is 51.9 Å². The Kier molecular flexibility index (Phi) is 33.0. The number of ether oxygens (including phenoxy) is 7. The average Bonchev–Trinajstić information content (AvgIpc) is 1.58. The predicted octanol–water partition coefficient (Wildman–Crippen LogP) is 15.9. The van der Waals surface area contributed by atoms with Crippen LogP contribution in [-0.2, 0) is 67.1 Å². The van der Waals surface area contributed by atoms with Gasteiger partial charge in [-0.3, -0.25) is 9.59 Å². The lowest BCUT2D eigenvalue weighted by atomic mass is 9.78. The minimum Gasteiger partial charge on any atom is -0.497 e. The van der Waals surface area contributed by atoms with Crippen LogP contribution in [0.4, 0.5) is 4.79 Å². The molecule has 0 amide bonds. The van der Waals surface area contributed by atoms with E-state index in [1.54, 1.807) is 21.0 Å². The van der Waals surface area contributed by atoms with Crippen molar-refractivity contribution in [2.24, 2.45) is 35.5 Å². The Bertz CT molecular complexity index is 2380. The summed E-state index contributed by atoms with van der Waals surface area (Å²) in [7, 11) is -7.42. The number of methoxy groups -OCH3 is 2. The van der Waals surface area contributed by atoms with Gasteiger partial charge in [0.15, 0.2) is 39.4 Å². The van der Waals surface area contributed by atoms with Gasteiger partial charge in [0.1, 0.15) is 48.8 Å². The summed E-state index contributed by atoms with van der Waals surface area (Å²) in [6, 6.07) is 10.1. The third kappa shape index (κ3) is 23.2. The van der Waals surface area contributed by atoms with Crippen LogP contribution in [0, 0.1) is 35.5 Å². The van der Waals surface area contributed by atoms with Crippen LogP contribution in [0.2, 0.25) is 72.5 Å². The van der Waals surface area contributed by atoms with Crippen LogP contribution in [0.1, 0.15) is 144 Å². The highest BCUT2D eigenvalue weighted by molar-refractivity contribution is 9.09. The maximum atomic E-state index is 15.1. The number of Topliss-reactive ketones (excluding diaryl/α,β-unsaturated/α-hetero) is 2. The third-order valence-electron chi connectivity index (χ3n) is 20.3. The maximum absolute atomic E-state index is 15.1. The number of carbonyl (C=O) groups excluding carboxylic acids is 4. The molecule has 1 aliphatic rings. The SMILES string of the molecule is CC[Si](CC)(CC)O[C@H]([C@H](C)[C@@H](O)CC(=O)[C@@H](C)/C=C(\C)[C@H](O[Si](C)(C)C(C)(C)C)[C@@H](C)C(=O)[C@@H](C)[C@H](OC)[C@@H](O[Si](C)(C)C(C)(C)C)C(=O)OCCCl)[C@H](COC(=O)OCCBr)[C@H](O[Si](C)(C)C(C)(C)C)[C@]1(C)O[C@@H]1[C@@H](C)COCc1ccc(OC)cc1. The molecule has 16 nitrogen and oxygen atoms in total. The Hall–Kier alpha value is -1.84. The lowest BCUT2D eigenvalue weighted by Crippen LogP contribution is -2.58. The van der Waals surface area contributed by atoms with Crippen molar-refractivity contribution in [3.05, 3.63) is 41.5 Å². The molecule has 0 aromatic heterocycles. The van der Waals surface area contributed by atoms with Crippen molar-refractivity contribution >= 4 is 84.5 Å². The third-order valence-corrected chi connectivity index (χ3v) is 38.7. The zero-order chi connectivity index (χ0) is 68.6. The summed E-state index contributed by atoms with van der Waals surface area (Å²) in [5, 5.41) is 12.4. The molecule has 0 saturated carbocycles. The monoisotopic (exact) mass is 1410 g/mol. The van der Waals surface area contributed by atoms with Crippen molar-refractivity contribution in [3.63, 3.8) is 0 Å². The largest absolute Gasteiger partial charge is 0.508 e. The van der Waals surface area contributed by atoms with Crippen molar-refractivity contribution in [1.82, 2.24) is 0 Å². The Morgan fingerprint density at radius 2 is 1.24 bits per heavy atom. The van der Waals surface area contributed by atoms with Gasteiger partial charge in [-0.1, -0.05) is 152 Å². The summed E-state index contributed by atoms with van der Waals surface area (Å²) in [4.78, 5) is 57.4. The smallest absolute Gasteiger partial charge is 0.497 e. The molecule has 22 heteroatoms. The minimum absolute atomic E-state index is 0.0308. The van der Waals surface area contributed by atoms with Gasteiger partial charge in [-0.15, -0.1) is 11.6 Å². The van der Waals surface area contributed by atoms with Crippen LogP contribution < -0.4 is 4.74 Å². The second-order valence-electron chi connectivity index (χ2n) is 29.9. The van der Waals surface area contributed by atoms with Gasteiger partial charge in [0, 0.05) is 54.4 Å². The molecule has 1 saturated heterocycles. The van der Waals surface area contributed by atoms with E-state index in [9.17, 15) is 19.5 Å². The van der Waals surface area contributed by atoms with Gasteiger partial charge in [-0.05, 0) is 110 Å². The number of benzene rings is 1. The molecule has 1 N–H and O–H groups in total. The molecule has 1 fully saturated rings. The van der Waals surface area contributed by atoms with E-state index in [4.69, 9.17) is 62.5 Å². The second-order valence-corrected chi connectivity index (χ2v) is 50.0. The van der Waals surface area contributed by atoms with E-state index in [0.717, 1.165) is 29.4 Å². The van der Waals surface area contributed by atoms with E-state index in [-0.39, 0.29) is 70.8 Å². The van der Waals surface area contributed by atoms with Gasteiger partial charge in [0.05, 0.1) is 56.7 Å². The summed E-state index contributed by atoms with van der Waals surface area (Å²) >= 11 is 9.34. The van der Waals surface area contributed by atoms with Crippen LogP contribution >= 0.6 is 27.5 Å². The Balaban J connectivity index is 2.83. The molecule has 0 radical (unpaired) electrons. The Labute approximate surface area is 556 Å². The van der Waals surface area contributed by atoms with Crippen LogP contribution in [0.3, 0.4) is 0 Å². The van der Waals surface area contributed by atoms with Gasteiger partial charge < -0.3 is 56.0 Å². The molecule has 1 aromatic carbocycles. The first kappa shape index (κ1) is 83.2. The number of allylic oxidation sites excluding steroid dienone is 1. The number of esters is 1. The fraction of sp³-hybridized carbons (Fsp3) is 0.821. The van der Waals surface area contributed by atoms with E-state index in [1.165, 1.54) is 7.11 Å². The summed E-state index contributed by atoms with van der Waals surface area (Å²) < 4.78 is 71.0. The molecular weight excluding hydrogens is 1290 g/mol. The van der Waals surface area contributed by atoms with E-state index in [2.05, 4.69) is 139 Å². The number of alkyl halides is 2. The predicted molar refractivity (Wildman–Crippen MR) is 371 cm³/mol. The molecule has 516 valence electrons. The Morgan fingerprint density at radius 1 is 0.719 bits per heavy atom. The summed E-state index contributed by atoms with van der Waals surface area (Å²) in [6.07, 6.45) is -5.27. The summed E-state index contributed by atoms with van der Waals surface area (Å²) in [5.41, 5.74) is 0.776. The van der Waals surface area contributed by atoms with Gasteiger partial charge in [0.2, 0.25) is 0 Å². The van der Waals surface area contributed by atoms with Crippen LogP contribution in [0.5, 0.6) is 5.75 Å². The highest BCUT2D eigenvalue weighted by Gasteiger charge is 2.65. The highest BCUT2D eigenvalue weighted by Crippen LogP contribution is 2.52. The van der Waals surface area contributed by atoms with Crippen LogP contribution in [0.25, 0.3) is 0 Å². The molecule has 14 atom stereocenters. The van der Waals surface area contributed by atoms with Crippen molar-refractivity contribution < 1.29 is 75.1 Å². The molecule has 1 heterocycles. The number of ketones is 2. The van der Waals surface area contributed by atoms with Crippen molar-refractivity contribution in [3.8, 4) is 5.75 Å². The first-order valence-electron chi connectivity index (χ1n) is 32.5. The molecule has 0 spiro atoms. The lowest BCUT2D eigenvalue weighted by Gasteiger charge is -2.47. The fourth-order valence-electron chi connectivity index (χ4n) is 10.7. The summed E-state index contributed by atoms with van der Waals surface area (Å²) in [5.74, 6) is -4.08. The molecule has 89 heavy (non-hydrogen) atoms. The quantitative estimate of drug-likeness (QED) is 0.0214. The number of aliphatic hydroxyl groups excluding tert-OH is 1. The first-order chi connectivity index (χ1) is 40.9. The van der Waals surface area contributed by atoms with Crippen molar-refractivity contribution in [2.45, 2.75) is 265 Å². The number of epoxide rings is 1. The number of hydrogen-bond acceptors (Lipinski definition) is 16. The van der Waals surface area contributed by atoms with Gasteiger partial charge in [0.25, 0.3) is 0 Å². The van der Waals surface area contributed by atoms with E-state index < -0.39 is 117 Å². The van der Waals surface area contributed by atoms with Crippen LogP contribution in [-0.4, -0.2) is 162 Å². The summed E-state index contributed by atoms with van der Waals surface area (Å²) in [6.45, 7) is 52.3. The molecule has 1 aliphatic heterocycles. The molecule has 0 bridgehead atoms. The topological polar surface area (TPSA) is 193 Å². The molecule has 1 aromatic rings. The number of rotatable bonds is 40. The Morgan fingerprint density at radius 3 is 1.71 bits per heavy atom. The van der Waals surface area contributed by atoms with E-state index in [1.807, 2.05) is 64.2 Å². The molecule has 2 rings (SSSR count). The van der Waals surface area contributed by atoms with E-state index in [0.29, 0.717) is 24.1 Å². The molecule has 0 aliphatic carbocycles. The van der Waals surface area contributed by atoms with E-state index >= 15 is 4.79 Å². The standard InChI is InChI=1S/C67H122BrClO16Si4/c1-28-89(29-2,30-3)84-57(52(43-80-63(74)79-37-35-68)61(85-88(26,27)66(16,17)18)67(19)60(81-67)46(6)41-77-42-50-31-33-51(75-20)34-32-50)47(7)54(71)40-53(70)44(4)39-45(5)56(82-86(22,23)64(10,11)12)48(8)55(72)49(9)58(76-21)59(62(73)78-38-36-69)83-87(24,25)65(13,14)15/h31-34,39,44,46-49,52,54,56-61,71H,28-30,35-38,40-43H2,1-27H3/b45-39+/t44-,46-,47+,48-,49+,52-,54-,56-,57+,58-,59+,60+,61-,67+/m0/s1. The van der Waals surface area contributed by atoms with Crippen molar-refractivity contribution in [1.29, 1.82) is 0 Å². The number of carbonyl (C=O) groups is 4. The number of hydrogen-bond donors (Lipinski definition) is 1. The number of halogens is 2. The fourth-order valence-corrected chi connectivity index (χ4v) is 17.9.